The van der Waals surface area contributed by atoms with Crippen LogP contribution in [0.4, 0.5) is 0 Å². The first-order valence-corrected chi connectivity index (χ1v) is 34.8. The highest BCUT2D eigenvalue weighted by atomic mass is 32.1. The second-order valence-electron chi connectivity index (χ2n) is 23.0. The minimum atomic E-state index is 0.209. The average Bonchev–Trinajstić information content (AvgIpc) is 0.944. The highest BCUT2D eigenvalue weighted by Gasteiger charge is 2.27. The van der Waals surface area contributed by atoms with Gasteiger partial charge in [-0.15, -0.1) is 45.3 Å². The van der Waals surface area contributed by atoms with Crippen molar-refractivity contribution in [1.82, 2.24) is 0 Å². The Balaban J connectivity index is 1.16. The van der Waals surface area contributed by atoms with E-state index in [-0.39, 0.29) is 52.1 Å². The first-order valence-electron chi connectivity index (χ1n) is 31.3. The van der Waals surface area contributed by atoms with Crippen LogP contribution in [0.25, 0.3) is 46.6 Å². The van der Waals surface area contributed by atoms with E-state index in [1.807, 2.05) is 216 Å². The first kappa shape index (κ1) is 63.4. The van der Waals surface area contributed by atoms with Crippen LogP contribution in [0, 0.1) is 45.3 Å². The number of benzene rings is 8. The number of rotatable bonds is 20. The van der Waals surface area contributed by atoms with Crippen molar-refractivity contribution in [3.05, 3.63) is 348 Å². The fourth-order valence-electron chi connectivity index (χ4n) is 12.0. The van der Waals surface area contributed by atoms with Gasteiger partial charge in [0.25, 0.3) is 0 Å². The lowest BCUT2D eigenvalue weighted by Gasteiger charge is -2.25. The van der Waals surface area contributed by atoms with Gasteiger partial charge in [-0.1, -0.05) is 146 Å². The smallest absolute Gasteiger partial charge is 0.126 e. The summed E-state index contributed by atoms with van der Waals surface area (Å²) in [4.78, 5) is 3.67. The first-order chi connectivity index (χ1) is 47.3. The number of nitrogens with zero attached hydrogens (tertiary/aromatic N) is 4. The zero-order valence-electron chi connectivity index (χ0n) is 52.1. The van der Waals surface area contributed by atoms with Crippen LogP contribution >= 0.6 is 45.3 Å². The summed E-state index contributed by atoms with van der Waals surface area (Å²) < 4.78 is 29.3. The summed E-state index contributed by atoms with van der Waals surface area (Å²) in [6.45, 7) is 0.834. The van der Waals surface area contributed by atoms with E-state index in [0.29, 0.717) is 67.5 Å². The molecule has 0 saturated heterocycles. The van der Waals surface area contributed by atoms with Crippen molar-refractivity contribution in [2.24, 2.45) is 0 Å². The lowest BCUT2D eigenvalue weighted by atomic mass is 9.86. The van der Waals surface area contributed by atoms with Crippen LogP contribution in [-0.2, 0) is 52.1 Å². The van der Waals surface area contributed by atoms with Crippen LogP contribution in [0.15, 0.2) is 240 Å². The number of hydrogen-bond donors (Lipinski definition) is 0. The molecule has 0 atom stereocenters. The molecule has 12 aromatic rings. The van der Waals surface area contributed by atoms with Crippen LogP contribution in [0.1, 0.15) is 109 Å². The molecule has 8 aromatic carbocycles. The van der Waals surface area contributed by atoms with Crippen molar-refractivity contribution in [3.8, 4) is 47.3 Å². The van der Waals surface area contributed by atoms with E-state index >= 15 is 0 Å². The molecule has 4 heterocycles. The van der Waals surface area contributed by atoms with Gasteiger partial charge in [-0.05, 0) is 208 Å². The lowest BCUT2D eigenvalue weighted by Crippen LogP contribution is -2.11. The van der Waals surface area contributed by atoms with Gasteiger partial charge in [-0.3, -0.25) is 0 Å². The van der Waals surface area contributed by atoms with E-state index < -0.39 is 0 Å². The van der Waals surface area contributed by atoms with Gasteiger partial charge in [-0.2, -0.15) is 21.0 Å². The van der Waals surface area contributed by atoms with E-state index in [0.717, 1.165) is 86.3 Å². The van der Waals surface area contributed by atoms with Crippen molar-refractivity contribution in [1.29, 1.82) is 21.0 Å². The Morgan fingerprint density at radius 2 is 0.479 bits per heavy atom. The van der Waals surface area contributed by atoms with Crippen molar-refractivity contribution in [2.75, 3.05) is 0 Å². The molecular formula is C84H60N4O4S4. The van der Waals surface area contributed by atoms with Crippen molar-refractivity contribution >= 4 is 91.9 Å². The zero-order chi connectivity index (χ0) is 65.4. The largest absolute Gasteiger partial charge is 0.488 e. The molecule has 0 fully saturated rings. The molecule has 4 aromatic heterocycles. The van der Waals surface area contributed by atoms with Gasteiger partial charge in [0, 0.05) is 45.2 Å². The summed E-state index contributed by atoms with van der Waals surface area (Å²) in [5, 5.41) is 53.5. The summed E-state index contributed by atoms with van der Waals surface area (Å²) in [6.07, 6.45) is 8.56. The Bertz CT molecular complexity index is 4280. The minimum Gasteiger partial charge on any atom is -0.488 e. The molecule has 12 heteroatoms. The van der Waals surface area contributed by atoms with Crippen LogP contribution in [0.2, 0.25) is 0 Å². The summed E-state index contributed by atoms with van der Waals surface area (Å²) in [5.41, 5.74) is 14.4. The fourth-order valence-corrected chi connectivity index (χ4v) is 14.6. The summed E-state index contributed by atoms with van der Waals surface area (Å²) in [5.74, 6) is 2.40. The third-order valence-electron chi connectivity index (χ3n) is 16.4. The fraction of sp³-hybridized carbons (Fsp3) is 0.0952. The number of ether oxygens (including phenoxy) is 4. The predicted octanol–water partition coefficient (Wildman–Crippen LogP) is 21.2. The van der Waals surface area contributed by atoms with E-state index in [1.165, 1.54) is 0 Å². The average molecular weight is 1320 g/mol. The third kappa shape index (κ3) is 15.5. The summed E-state index contributed by atoms with van der Waals surface area (Å²) in [7, 11) is 0. The van der Waals surface area contributed by atoms with Crippen LogP contribution in [-0.4, -0.2) is 0 Å². The normalized spacial score (nSPS) is 12.4. The SMILES string of the molecule is N#C/C(=C\c1cccs1)c1cc2c(OCc3ccccc3)c(c1)Cc1cc(/C(C#N)=C/c3cccs3)cc(c1OCc1ccccc1)Cc1cc(/C(C#N)=C/c3cccs3)cc(c1OCc1ccccc1)Cc1cc(/C(C#N)=C/c3cccs3)cc(c1OCc1ccccc1)C2. The molecule has 8 bridgehead atoms. The quantitative estimate of drug-likeness (QED) is 0.0689. The minimum absolute atomic E-state index is 0.209. The second-order valence-corrected chi connectivity index (χ2v) is 27.0. The Morgan fingerprint density at radius 1 is 0.281 bits per heavy atom. The molecule has 1 aliphatic carbocycles. The number of hydrogen-bond acceptors (Lipinski definition) is 12. The molecule has 464 valence electrons. The molecule has 0 radical (unpaired) electrons. The van der Waals surface area contributed by atoms with E-state index in [2.05, 4.69) is 72.8 Å². The van der Waals surface area contributed by atoms with Gasteiger partial charge in [0.15, 0.2) is 0 Å². The molecule has 0 amide bonds. The molecule has 1 aliphatic rings. The molecule has 0 spiro atoms. The number of thiophene rings is 4. The topological polar surface area (TPSA) is 132 Å². The van der Waals surface area contributed by atoms with Gasteiger partial charge < -0.3 is 18.9 Å². The van der Waals surface area contributed by atoms with Gasteiger partial charge in [0.05, 0.1) is 46.6 Å². The van der Waals surface area contributed by atoms with Crippen molar-refractivity contribution in [3.63, 3.8) is 0 Å². The zero-order valence-corrected chi connectivity index (χ0v) is 55.4. The van der Waals surface area contributed by atoms with Crippen molar-refractivity contribution < 1.29 is 18.9 Å². The van der Waals surface area contributed by atoms with Gasteiger partial charge in [0.2, 0.25) is 0 Å². The number of allylic oxidation sites excluding steroid dienone is 4. The summed E-state index contributed by atoms with van der Waals surface area (Å²) in [6, 6.07) is 83.1. The summed E-state index contributed by atoms with van der Waals surface area (Å²) >= 11 is 6.20. The highest BCUT2D eigenvalue weighted by Crippen LogP contribution is 2.45. The molecule has 0 unspecified atom stereocenters. The van der Waals surface area contributed by atoms with Crippen LogP contribution in [0.3, 0.4) is 0 Å². The van der Waals surface area contributed by atoms with Gasteiger partial charge in [-0.25, -0.2) is 0 Å². The van der Waals surface area contributed by atoms with Gasteiger partial charge >= 0.3 is 0 Å². The monoisotopic (exact) mass is 1320 g/mol. The van der Waals surface area contributed by atoms with E-state index in [1.54, 1.807) is 45.3 Å². The van der Waals surface area contributed by atoms with Gasteiger partial charge in [0.1, 0.15) is 49.4 Å². The molecule has 96 heavy (non-hydrogen) atoms. The lowest BCUT2D eigenvalue weighted by molar-refractivity contribution is 0.293. The molecule has 0 N–H and O–H groups in total. The number of fused-ring (bicyclic) bond motifs is 8. The molecule has 0 saturated carbocycles. The maximum Gasteiger partial charge on any atom is 0.126 e. The predicted molar refractivity (Wildman–Crippen MR) is 391 cm³/mol. The van der Waals surface area contributed by atoms with E-state index in [9.17, 15) is 21.0 Å². The Morgan fingerprint density at radius 3 is 0.646 bits per heavy atom. The standard InChI is InChI=1S/C84H60N4O4S4/c85-49-73(45-77-25-13-29-93-77)61-33-65-41-67-35-62(74(50-86)46-78-26-14-30-94-78)37-69(82(67)90-54-58-19-7-2-8-20-58)43-71-39-64(76(52-88)48-80-28-16-32-96-80)40-72(84(71)92-56-60-23-11-4-12-24-60)44-70-38-63(75(51-87)47-79-27-15-31-95-79)36-68(83(70)91-55-59-21-9-3-10-22-59)42-66(34-61)81(65)89-53-57-17-5-1-6-18-57/h1-40,45-48H,41-44,53-56H2/b73-45+,74-46+,75-47+,76-48+. The van der Waals surface area contributed by atoms with Crippen LogP contribution in [0.5, 0.6) is 23.0 Å². The van der Waals surface area contributed by atoms with Crippen molar-refractivity contribution in [2.45, 2.75) is 52.1 Å². The molecular weight excluding hydrogens is 1260 g/mol. The molecule has 13 rings (SSSR count). The third-order valence-corrected chi connectivity index (χ3v) is 19.7. The Hall–Kier alpha value is -11.3. The maximum atomic E-state index is 11.4. The Kier molecular flexibility index (Phi) is 20.2. The molecule has 8 nitrogen and oxygen atoms in total. The Labute approximate surface area is 575 Å². The van der Waals surface area contributed by atoms with Crippen LogP contribution < -0.4 is 18.9 Å². The second kappa shape index (κ2) is 30.6. The molecule has 0 aliphatic heterocycles. The highest BCUT2D eigenvalue weighted by molar-refractivity contribution is 7.11. The maximum absolute atomic E-state index is 11.4. The van der Waals surface area contributed by atoms with E-state index in [4.69, 9.17) is 18.9 Å². The number of nitriles is 4.